The average Bonchev–Trinajstić information content (AvgIpc) is 1.90. The van der Waals surface area contributed by atoms with E-state index in [4.69, 9.17) is 0 Å². The van der Waals surface area contributed by atoms with Gasteiger partial charge in [-0.1, -0.05) is 6.08 Å². The van der Waals surface area contributed by atoms with Crippen molar-refractivity contribution in [2.24, 2.45) is 4.99 Å². The van der Waals surface area contributed by atoms with Crippen LogP contribution in [0.2, 0.25) is 0 Å². The van der Waals surface area contributed by atoms with Gasteiger partial charge in [-0.05, 0) is 0 Å². The van der Waals surface area contributed by atoms with E-state index >= 15 is 0 Å². The highest BCUT2D eigenvalue weighted by Crippen LogP contribution is 1.97. The lowest BCUT2D eigenvalue weighted by Crippen LogP contribution is -1.95. The molecule has 1 rings (SSSR count). The van der Waals surface area contributed by atoms with Gasteiger partial charge in [-0.25, -0.2) is 0 Å². The van der Waals surface area contributed by atoms with Gasteiger partial charge in [0.05, 0.1) is 6.54 Å². The van der Waals surface area contributed by atoms with Crippen LogP contribution < -0.4 is 0 Å². The van der Waals surface area contributed by atoms with E-state index in [0.29, 0.717) is 6.54 Å². The molecule has 8 heavy (non-hydrogen) atoms. The van der Waals surface area contributed by atoms with Crippen molar-refractivity contribution in [3.8, 4) is 0 Å². The van der Waals surface area contributed by atoms with Crippen molar-refractivity contribution in [1.82, 2.24) is 0 Å². The summed E-state index contributed by atoms with van der Waals surface area (Å²) in [6.45, 7) is 0.573. The number of allylic oxidation sites excluding steroid dienone is 1. The second-order valence-electron chi connectivity index (χ2n) is 1.66. The first-order valence-electron chi connectivity index (χ1n) is 2.56. The van der Waals surface area contributed by atoms with Gasteiger partial charge in [0, 0.05) is 18.2 Å². The standard InChI is InChI=1S/C6H7NO/c8-5-6-2-1-3-7-4-6/h2-3,5H,1,4H2. The summed E-state index contributed by atoms with van der Waals surface area (Å²) in [6.07, 6.45) is 5.37. The Labute approximate surface area is 47.9 Å². The van der Waals surface area contributed by atoms with E-state index in [1.165, 1.54) is 0 Å². The third-order valence-corrected chi connectivity index (χ3v) is 1.04. The summed E-state index contributed by atoms with van der Waals surface area (Å²) in [4.78, 5) is 13.9. The normalized spacial score (nSPS) is 17.8. The molecule has 0 aromatic carbocycles. The predicted octanol–water partition coefficient (Wildman–Crippen LogP) is 0.586. The van der Waals surface area contributed by atoms with Gasteiger partial charge in [0.1, 0.15) is 6.29 Å². The fourth-order valence-electron chi connectivity index (χ4n) is 0.599. The Hall–Kier alpha value is -0.920. The van der Waals surface area contributed by atoms with Crippen molar-refractivity contribution >= 4 is 12.5 Å². The van der Waals surface area contributed by atoms with Gasteiger partial charge in [0.2, 0.25) is 0 Å². The van der Waals surface area contributed by atoms with Crippen LogP contribution in [0.4, 0.5) is 0 Å². The first kappa shape index (κ1) is 5.22. The maximum Gasteiger partial charge on any atom is 0.147 e. The van der Waals surface area contributed by atoms with E-state index in [-0.39, 0.29) is 0 Å². The highest BCUT2D eigenvalue weighted by Gasteiger charge is 1.94. The summed E-state index contributed by atoms with van der Waals surface area (Å²) in [5.74, 6) is 0. The summed E-state index contributed by atoms with van der Waals surface area (Å²) in [5.41, 5.74) is 0.799. The zero-order chi connectivity index (χ0) is 5.82. The van der Waals surface area contributed by atoms with Crippen molar-refractivity contribution in [1.29, 1.82) is 0 Å². The molecular weight excluding hydrogens is 102 g/mol. The highest BCUT2D eigenvalue weighted by molar-refractivity contribution is 5.77. The summed E-state index contributed by atoms with van der Waals surface area (Å²) < 4.78 is 0. The van der Waals surface area contributed by atoms with Crippen molar-refractivity contribution in [3.05, 3.63) is 11.6 Å². The molecule has 2 nitrogen and oxygen atoms in total. The first-order valence-corrected chi connectivity index (χ1v) is 2.56. The van der Waals surface area contributed by atoms with Crippen molar-refractivity contribution in [2.45, 2.75) is 6.42 Å². The first-order chi connectivity index (χ1) is 3.93. The van der Waals surface area contributed by atoms with E-state index in [1.807, 2.05) is 12.3 Å². The maximum absolute atomic E-state index is 10.0. The van der Waals surface area contributed by atoms with Crippen LogP contribution in [0.1, 0.15) is 6.42 Å². The largest absolute Gasteiger partial charge is 0.298 e. The molecule has 1 aliphatic heterocycles. The van der Waals surface area contributed by atoms with Gasteiger partial charge < -0.3 is 0 Å². The minimum absolute atomic E-state index is 0.573. The SMILES string of the molecule is O=CC1=CCC=NC1. The van der Waals surface area contributed by atoms with Crippen LogP contribution in [0, 0.1) is 0 Å². The molecule has 0 amide bonds. The van der Waals surface area contributed by atoms with Crippen molar-refractivity contribution < 1.29 is 4.79 Å². The third-order valence-electron chi connectivity index (χ3n) is 1.04. The van der Waals surface area contributed by atoms with E-state index in [9.17, 15) is 4.79 Å². The number of carbonyl (C=O) groups excluding carboxylic acids is 1. The van der Waals surface area contributed by atoms with Crippen LogP contribution >= 0.6 is 0 Å². The summed E-state index contributed by atoms with van der Waals surface area (Å²) in [7, 11) is 0. The maximum atomic E-state index is 10.0. The highest BCUT2D eigenvalue weighted by atomic mass is 16.1. The molecule has 0 N–H and O–H groups in total. The molecule has 1 aliphatic rings. The van der Waals surface area contributed by atoms with Crippen LogP contribution in [-0.4, -0.2) is 19.0 Å². The molecule has 0 saturated carbocycles. The van der Waals surface area contributed by atoms with Crippen molar-refractivity contribution in [2.75, 3.05) is 6.54 Å². The van der Waals surface area contributed by atoms with E-state index < -0.39 is 0 Å². The minimum atomic E-state index is 0.573. The van der Waals surface area contributed by atoms with Gasteiger partial charge in [-0.3, -0.25) is 9.79 Å². The molecule has 0 fully saturated rings. The number of dihydropyridines is 1. The van der Waals surface area contributed by atoms with Gasteiger partial charge in [-0.15, -0.1) is 0 Å². The Morgan fingerprint density at radius 1 is 1.75 bits per heavy atom. The molecule has 0 unspecified atom stereocenters. The predicted molar refractivity (Wildman–Crippen MR) is 32.1 cm³/mol. The van der Waals surface area contributed by atoms with Crippen LogP contribution in [-0.2, 0) is 4.79 Å². The number of aliphatic imine (C=N–C) groups is 1. The summed E-state index contributed by atoms with van der Waals surface area (Å²) in [5, 5.41) is 0. The Balaban J connectivity index is 2.55. The summed E-state index contributed by atoms with van der Waals surface area (Å²) >= 11 is 0. The number of aldehydes is 1. The Morgan fingerprint density at radius 3 is 3.00 bits per heavy atom. The van der Waals surface area contributed by atoms with Crippen LogP contribution in [0.25, 0.3) is 0 Å². The average molecular weight is 109 g/mol. The smallest absolute Gasteiger partial charge is 0.147 e. The fourth-order valence-corrected chi connectivity index (χ4v) is 0.599. The summed E-state index contributed by atoms with van der Waals surface area (Å²) in [6, 6.07) is 0. The van der Waals surface area contributed by atoms with Crippen LogP contribution in [0.5, 0.6) is 0 Å². The number of hydrogen-bond acceptors (Lipinski definition) is 2. The minimum Gasteiger partial charge on any atom is -0.298 e. The molecule has 0 bridgehead atoms. The lowest BCUT2D eigenvalue weighted by molar-refractivity contribution is -0.104. The van der Waals surface area contributed by atoms with Gasteiger partial charge in [0.15, 0.2) is 0 Å². The molecule has 0 radical (unpaired) electrons. The van der Waals surface area contributed by atoms with Gasteiger partial charge >= 0.3 is 0 Å². The topological polar surface area (TPSA) is 29.4 Å². The zero-order valence-corrected chi connectivity index (χ0v) is 4.50. The fraction of sp³-hybridized carbons (Fsp3) is 0.333. The monoisotopic (exact) mass is 109 g/mol. The quantitative estimate of drug-likeness (QED) is 0.453. The van der Waals surface area contributed by atoms with Gasteiger partial charge in [0.25, 0.3) is 0 Å². The van der Waals surface area contributed by atoms with Crippen molar-refractivity contribution in [3.63, 3.8) is 0 Å². The molecule has 2 heteroatoms. The van der Waals surface area contributed by atoms with Crippen LogP contribution in [0.15, 0.2) is 16.6 Å². The Kier molecular flexibility index (Phi) is 1.57. The molecule has 0 aromatic heterocycles. The molecule has 0 spiro atoms. The molecule has 0 aromatic rings. The third kappa shape index (κ3) is 1.03. The second kappa shape index (κ2) is 2.40. The Bertz CT molecular complexity index is 147. The van der Waals surface area contributed by atoms with E-state index in [0.717, 1.165) is 18.3 Å². The zero-order valence-electron chi connectivity index (χ0n) is 4.50. The number of nitrogens with zero attached hydrogens (tertiary/aromatic N) is 1. The molecule has 0 aliphatic carbocycles. The molecule has 42 valence electrons. The molecule has 0 saturated heterocycles. The molecule has 1 heterocycles. The van der Waals surface area contributed by atoms with E-state index in [1.54, 1.807) is 0 Å². The number of carbonyl (C=O) groups is 1. The van der Waals surface area contributed by atoms with E-state index in [2.05, 4.69) is 4.99 Å². The number of rotatable bonds is 1. The molecular formula is C6H7NO. The van der Waals surface area contributed by atoms with Crippen LogP contribution in [0.3, 0.4) is 0 Å². The number of hydrogen-bond donors (Lipinski definition) is 0. The lowest BCUT2D eigenvalue weighted by atomic mass is 10.2. The lowest BCUT2D eigenvalue weighted by Gasteiger charge is -1.96. The second-order valence-corrected chi connectivity index (χ2v) is 1.66. The van der Waals surface area contributed by atoms with Gasteiger partial charge in [-0.2, -0.15) is 0 Å². The molecule has 0 atom stereocenters. The Morgan fingerprint density at radius 2 is 2.62 bits per heavy atom.